The van der Waals surface area contributed by atoms with Gasteiger partial charge in [0.25, 0.3) is 0 Å². The first-order valence-corrected chi connectivity index (χ1v) is 7.47. The number of nitrogens with two attached hydrogens (primary N) is 1. The smallest absolute Gasteiger partial charge is 0.161 e. The van der Waals surface area contributed by atoms with Gasteiger partial charge >= 0.3 is 0 Å². The first-order chi connectivity index (χ1) is 9.84. The number of hydrogen-bond donors (Lipinski definition) is 3. The summed E-state index contributed by atoms with van der Waals surface area (Å²) in [6.45, 7) is 1.35. The molecule has 5 nitrogen and oxygen atoms in total. The molecule has 1 aliphatic heterocycles. The number of anilines is 1. The van der Waals surface area contributed by atoms with E-state index in [-0.39, 0.29) is 10.3 Å². The zero-order chi connectivity index (χ0) is 15.6. The molecule has 1 fully saturated rings. The molecule has 2 rings (SSSR count). The van der Waals surface area contributed by atoms with Crippen LogP contribution in [0.3, 0.4) is 0 Å². The molecule has 1 saturated heterocycles. The van der Waals surface area contributed by atoms with E-state index in [9.17, 15) is 9.50 Å². The van der Waals surface area contributed by atoms with E-state index in [0.29, 0.717) is 43.9 Å². The van der Waals surface area contributed by atoms with Crippen molar-refractivity contribution in [3.05, 3.63) is 28.0 Å². The minimum Gasteiger partial charge on any atom is -0.388 e. The van der Waals surface area contributed by atoms with Crippen molar-refractivity contribution in [1.82, 2.24) is 0 Å². The average Bonchev–Trinajstić information content (AvgIpc) is 2.41. The summed E-state index contributed by atoms with van der Waals surface area (Å²) in [6, 6.07) is 3.16. The minimum atomic E-state index is -0.870. The second-order valence-corrected chi connectivity index (χ2v) is 6.16. The molecular weight excluding hydrogens is 341 g/mol. The number of benzene rings is 1. The largest absolute Gasteiger partial charge is 0.388 e. The number of ether oxygens (including phenoxy) is 1. The monoisotopic (exact) mass is 359 g/mol. The molecule has 1 aromatic rings. The fourth-order valence-electron chi connectivity index (χ4n) is 2.48. The van der Waals surface area contributed by atoms with E-state index in [4.69, 9.17) is 15.9 Å². The van der Waals surface area contributed by atoms with Crippen molar-refractivity contribution in [3.63, 3.8) is 0 Å². The third-order valence-electron chi connectivity index (χ3n) is 3.72. The average molecular weight is 360 g/mol. The van der Waals surface area contributed by atoms with Crippen molar-refractivity contribution in [2.45, 2.75) is 18.4 Å². The van der Waals surface area contributed by atoms with E-state index in [1.54, 1.807) is 24.1 Å². The molecule has 0 aliphatic carbocycles. The van der Waals surface area contributed by atoms with Crippen LogP contribution >= 0.6 is 15.9 Å². The quantitative estimate of drug-likeness (QED) is 0.565. The Kier molecular flexibility index (Phi) is 4.85. The van der Waals surface area contributed by atoms with Gasteiger partial charge in [-0.15, -0.1) is 0 Å². The lowest BCUT2D eigenvalue weighted by Gasteiger charge is -2.36. The summed E-state index contributed by atoms with van der Waals surface area (Å²) in [5.41, 5.74) is 5.20. The number of amidine groups is 1. The number of rotatable bonds is 4. The number of likely N-dealkylation sites (N-methyl/N-ethyl adjacent to an activating group) is 1. The summed E-state index contributed by atoms with van der Waals surface area (Å²) in [4.78, 5) is 1.68. The molecule has 0 amide bonds. The maximum atomic E-state index is 14.4. The van der Waals surface area contributed by atoms with Gasteiger partial charge in [0.05, 0.1) is 15.8 Å². The Morgan fingerprint density at radius 3 is 2.71 bits per heavy atom. The van der Waals surface area contributed by atoms with E-state index in [1.165, 1.54) is 0 Å². The second kappa shape index (κ2) is 6.29. The lowest BCUT2D eigenvalue weighted by atomic mass is 9.93. The highest BCUT2D eigenvalue weighted by atomic mass is 79.9. The van der Waals surface area contributed by atoms with Gasteiger partial charge in [-0.1, -0.05) is 0 Å². The second-order valence-electron chi connectivity index (χ2n) is 5.37. The zero-order valence-electron chi connectivity index (χ0n) is 11.8. The van der Waals surface area contributed by atoms with Gasteiger partial charge in [-0.05, 0) is 28.1 Å². The summed E-state index contributed by atoms with van der Waals surface area (Å²) < 4.78 is 19.8. The van der Waals surface area contributed by atoms with Crippen LogP contribution < -0.4 is 10.6 Å². The van der Waals surface area contributed by atoms with Crippen LogP contribution in [0.15, 0.2) is 16.6 Å². The summed E-state index contributed by atoms with van der Waals surface area (Å²) in [5, 5.41) is 17.9. The predicted octanol–water partition coefficient (Wildman–Crippen LogP) is 1.85. The molecule has 116 valence electrons. The van der Waals surface area contributed by atoms with Gasteiger partial charge in [-0.3, -0.25) is 5.41 Å². The van der Waals surface area contributed by atoms with Crippen LogP contribution in [-0.2, 0) is 4.74 Å². The molecule has 0 unspecified atom stereocenters. The normalized spacial score (nSPS) is 17.5. The maximum absolute atomic E-state index is 14.4. The van der Waals surface area contributed by atoms with Gasteiger partial charge in [0, 0.05) is 45.2 Å². The Labute approximate surface area is 131 Å². The number of halogens is 2. The van der Waals surface area contributed by atoms with E-state index in [0.717, 1.165) is 0 Å². The summed E-state index contributed by atoms with van der Waals surface area (Å²) in [5.74, 6) is -0.682. The topological polar surface area (TPSA) is 82.6 Å². The number of nitrogens with zero attached hydrogens (tertiary/aromatic N) is 1. The van der Waals surface area contributed by atoms with E-state index in [1.807, 2.05) is 0 Å². The molecule has 0 bridgehead atoms. The fraction of sp³-hybridized carbons (Fsp3) is 0.500. The Hall–Kier alpha value is -1.18. The third kappa shape index (κ3) is 3.53. The van der Waals surface area contributed by atoms with E-state index in [2.05, 4.69) is 15.9 Å². The zero-order valence-corrected chi connectivity index (χ0v) is 13.4. The van der Waals surface area contributed by atoms with Crippen LogP contribution in [0.4, 0.5) is 10.1 Å². The summed E-state index contributed by atoms with van der Waals surface area (Å²) in [6.07, 6.45) is 1.07. The van der Waals surface area contributed by atoms with Crippen molar-refractivity contribution in [2.75, 3.05) is 31.7 Å². The van der Waals surface area contributed by atoms with Crippen LogP contribution in [0.1, 0.15) is 18.4 Å². The number of aliphatic hydroxyl groups is 1. The van der Waals surface area contributed by atoms with Crippen molar-refractivity contribution >= 4 is 27.5 Å². The van der Waals surface area contributed by atoms with Crippen LogP contribution in [0.25, 0.3) is 0 Å². The van der Waals surface area contributed by atoms with Gasteiger partial charge in [-0.25, -0.2) is 4.39 Å². The number of nitrogen functional groups attached to an aromatic ring is 1. The Morgan fingerprint density at radius 2 is 2.14 bits per heavy atom. The molecule has 0 aromatic heterocycles. The maximum Gasteiger partial charge on any atom is 0.161 e. The van der Waals surface area contributed by atoms with Crippen molar-refractivity contribution < 1.29 is 14.2 Å². The third-order valence-corrected chi connectivity index (χ3v) is 4.49. The van der Waals surface area contributed by atoms with Crippen LogP contribution in [0.2, 0.25) is 0 Å². The molecule has 1 aromatic carbocycles. The molecular formula is C14H19BrFN3O2. The van der Waals surface area contributed by atoms with E-state index >= 15 is 0 Å². The highest BCUT2D eigenvalue weighted by Crippen LogP contribution is 2.31. The lowest BCUT2D eigenvalue weighted by molar-refractivity contribution is -0.0573. The molecule has 0 saturated carbocycles. The molecule has 1 aliphatic rings. The fourth-order valence-corrected chi connectivity index (χ4v) is 3.03. The first-order valence-electron chi connectivity index (χ1n) is 6.68. The lowest BCUT2D eigenvalue weighted by Crippen LogP contribution is -2.46. The van der Waals surface area contributed by atoms with Gasteiger partial charge < -0.3 is 20.5 Å². The SMILES string of the molecule is CN(CC1(O)CCOCC1)c1ccc(C(=N)N)c(Br)c1F. The van der Waals surface area contributed by atoms with E-state index < -0.39 is 11.4 Å². The summed E-state index contributed by atoms with van der Waals surface area (Å²) in [7, 11) is 1.73. The van der Waals surface area contributed by atoms with Crippen LogP contribution in [0, 0.1) is 11.2 Å². The Morgan fingerprint density at radius 1 is 1.52 bits per heavy atom. The molecule has 1 heterocycles. The molecule has 0 spiro atoms. The molecule has 0 atom stereocenters. The predicted molar refractivity (Wildman–Crippen MR) is 83.4 cm³/mol. The van der Waals surface area contributed by atoms with Crippen LogP contribution in [0.5, 0.6) is 0 Å². The molecule has 0 radical (unpaired) electrons. The van der Waals surface area contributed by atoms with Gasteiger partial charge in [0.2, 0.25) is 0 Å². The number of hydrogen-bond acceptors (Lipinski definition) is 4. The van der Waals surface area contributed by atoms with Gasteiger partial charge in [0.1, 0.15) is 5.84 Å². The van der Waals surface area contributed by atoms with Crippen LogP contribution in [-0.4, -0.2) is 43.3 Å². The van der Waals surface area contributed by atoms with Gasteiger partial charge in [-0.2, -0.15) is 0 Å². The highest BCUT2D eigenvalue weighted by molar-refractivity contribution is 9.10. The Bertz CT molecular complexity index is 547. The summed E-state index contributed by atoms with van der Waals surface area (Å²) >= 11 is 3.13. The Balaban J connectivity index is 2.21. The number of nitrogens with one attached hydrogen (secondary N) is 1. The van der Waals surface area contributed by atoms with Gasteiger partial charge in [0.15, 0.2) is 5.82 Å². The molecule has 21 heavy (non-hydrogen) atoms. The van der Waals surface area contributed by atoms with Crippen molar-refractivity contribution in [2.24, 2.45) is 5.73 Å². The first kappa shape index (κ1) is 16.2. The van der Waals surface area contributed by atoms with Crippen molar-refractivity contribution in [3.8, 4) is 0 Å². The molecule has 7 heteroatoms. The molecule has 4 N–H and O–H groups in total. The standard InChI is InChI=1S/C14H19BrFN3O2/c1-19(8-14(20)4-6-21-7-5-14)10-3-2-9(13(17)18)11(15)12(10)16/h2-3,20H,4-8H2,1H3,(H3,17,18). The minimum absolute atomic E-state index is 0.165. The highest BCUT2D eigenvalue weighted by Gasteiger charge is 2.32. The van der Waals surface area contributed by atoms with Crippen molar-refractivity contribution in [1.29, 1.82) is 5.41 Å².